The molecule has 3 aliphatic rings. The van der Waals surface area contributed by atoms with E-state index in [0.29, 0.717) is 16.5 Å². The number of carbonyl (C=O) groups excluding carboxylic acids is 3. The average molecular weight is 580 g/mol. The predicted molar refractivity (Wildman–Crippen MR) is 144 cm³/mol. The number of ether oxygens (including phenoxy) is 1. The van der Waals surface area contributed by atoms with Crippen molar-refractivity contribution in [3.8, 4) is 0 Å². The zero-order valence-corrected chi connectivity index (χ0v) is 24.1. The molecule has 1 aliphatic carbocycles. The van der Waals surface area contributed by atoms with Crippen molar-refractivity contribution in [1.29, 1.82) is 0 Å². The number of aliphatic carboxylic acids is 1. The molecule has 0 spiro atoms. The van der Waals surface area contributed by atoms with Gasteiger partial charge in [0.2, 0.25) is 11.1 Å². The standard InChI is InChI=1S/C24H33N7O6S2/c1-11-13(7-6-8-15(11)25-23(36)37-24(3,4)5)9-16(32)26-17-19(33)31-18(21(34)35)14(10-38-20(17)31)12(2)39-22-27-29-30-28-22/h12,15,17,20H,6-10H2,1-5H3,(H,25,36)(H,26,32)(H,34,35)(H,27,28,29,30)/t12?,15?,17?,20-/m0/s1. The van der Waals surface area contributed by atoms with E-state index in [9.17, 15) is 24.3 Å². The molecule has 1 saturated heterocycles. The van der Waals surface area contributed by atoms with Crippen LogP contribution in [-0.4, -0.2) is 88.6 Å². The first-order valence-electron chi connectivity index (χ1n) is 12.6. The highest BCUT2D eigenvalue weighted by Crippen LogP contribution is 2.43. The SMILES string of the molecule is CC1=C(CC(=O)NC2C(=O)N3C(C(=O)O)=C(C(C)Sc4nn[nH]n4)CS[C@@H]23)CCCC1NC(=O)OC(C)(C)C. The third kappa shape index (κ3) is 6.57. The number of nitrogens with one attached hydrogen (secondary N) is 3. The minimum atomic E-state index is -1.19. The summed E-state index contributed by atoms with van der Waals surface area (Å²) in [7, 11) is 0. The molecule has 0 saturated carbocycles. The molecule has 0 radical (unpaired) electrons. The summed E-state index contributed by atoms with van der Waals surface area (Å²) in [5.41, 5.74) is 1.76. The number of carboxylic acids is 1. The Morgan fingerprint density at radius 2 is 2.05 bits per heavy atom. The number of aromatic amines is 1. The monoisotopic (exact) mass is 579 g/mol. The lowest BCUT2D eigenvalue weighted by Gasteiger charge is -2.50. The number of β-lactam (4-membered cyclic amide) rings is 1. The lowest BCUT2D eigenvalue weighted by Crippen LogP contribution is -2.70. The minimum absolute atomic E-state index is 0.0559. The van der Waals surface area contributed by atoms with E-state index < -0.39 is 35.0 Å². The van der Waals surface area contributed by atoms with Crippen LogP contribution in [0, 0.1) is 0 Å². The molecule has 2 aliphatic heterocycles. The number of amides is 3. The van der Waals surface area contributed by atoms with Gasteiger partial charge in [-0.25, -0.2) is 9.59 Å². The van der Waals surface area contributed by atoms with Crippen LogP contribution >= 0.6 is 23.5 Å². The van der Waals surface area contributed by atoms with Crippen LogP contribution in [0.25, 0.3) is 0 Å². The van der Waals surface area contributed by atoms with Gasteiger partial charge >= 0.3 is 12.1 Å². The number of thioether (sulfide) groups is 2. The number of H-pyrrole nitrogens is 1. The van der Waals surface area contributed by atoms with Crippen molar-refractivity contribution in [3.05, 3.63) is 22.4 Å². The van der Waals surface area contributed by atoms with E-state index in [1.807, 2.05) is 13.8 Å². The Labute approximate surface area is 234 Å². The molecule has 3 unspecified atom stereocenters. The van der Waals surface area contributed by atoms with Gasteiger partial charge in [-0.05, 0) is 64.7 Å². The highest BCUT2D eigenvalue weighted by molar-refractivity contribution is 8.01. The Hall–Kier alpha value is -3.07. The second-order valence-electron chi connectivity index (χ2n) is 10.6. The van der Waals surface area contributed by atoms with Crippen molar-refractivity contribution in [2.45, 2.75) is 93.8 Å². The van der Waals surface area contributed by atoms with Crippen LogP contribution in [-0.2, 0) is 19.1 Å². The summed E-state index contributed by atoms with van der Waals surface area (Å²) in [6, 6.07) is -1.03. The Morgan fingerprint density at radius 1 is 1.31 bits per heavy atom. The number of tetrazole rings is 1. The molecule has 15 heteroatoms. The zero-order valence-electron chi connectivity index (χ0n) is 22.4. The molecule has 3 heterocycles. The fourth-order valence-electron chi connectivity index (χ4n) is 4.84. The van der Waals surface area contributed by atoms with Crippen molar-refractivity contribution in [3.63, 3.8) is 0 Å². The quantitative estimate of drug-likeness (QED) is 0.201. The molecular weight excluding hydrogens is 546 g/mol. The molecule has 4 N–H and O–H groups in total. The van der Waals surface area contributed by atoms with Crippen molar-refractivity contribution in [1.82, 2.24) is 36.2 Å². The summed E-state index contributed by atoms with van der Waals surface area (Å²) in [6.07, 6.45) is 1.88. The highest BCUT2D eigenvalue weighted by Gasteiger charge is 2.54. The molecule has 1 aromatic rings. The Bertz CT molecular complexity index is 1210. The van der Waals surface area contributed by atoms with Crippen LogP contribution < -0.4 is 10.6 Å². The van der Waals surface area contributed by atoms with Crippen LogP contribution in [0.2, 0.25) is 0 Å². The normalized spacial score (nSPS) is 24.1. The van der Waals surface area contributed by atoms with Gasteiger partial charge in [-0.1, -0.05) is 22.9 Å². The number of carboxylic acid groups (broad SMARTS) is 1. The molecule has 13 nitrogen and oxygen atoms in total. The summed E-state index contributed by atoms with van der Waals surface area (Å²) in [4.78, 5) is 51.7. The van der Waals surface area contributed by atoms with Crippen molar-refractivity contribution >= 4 is 47.4 Å². The van der Waals surface area contributed by atoms with Crippen LogP contribution in [0.4, 0.5) is 4.79 Å². The van der Waals surface area contributed by atoms with Crippen molar-refractivity contribution in [2.75, 3.05) is 5.75 Å². The van der Waals surface area contributed by atoms with Crippen molar-refractivity contribution in [2.24, 2.45) is 0 Å². The first-order chi connectivity index (χ1) is 18.4. The average Bonchev–Trinajstić information content (AvgIpc) is 3.35. The fraction of sp³-hybridized carbons (Fsp3) is 0.625. The second kappa shape index (κ2) is 11.6. The van der Waals surface area contributed by atoms with Crippen molar-refractivity contribution < 1.29 is 29.0 Å². The number of hydrogen-bond acceptors (Lipinski definition) is 10. The second-order valence-corrected chi connectivity index (χ2v) is 13.1. The minimum Gasteiger partial charge on any atom is -0.477 e. The molecule has 4 atom stereocenters. The van der Waals surface area contributed by atoms with Gasteiger partial charge in [0, 0.05) is 17.4 Å². The molecule has 1 fully saturated rings. The van der Waals surface area contributed by atoms with Gasteiger partial charge in [0.1, 0.15) is 22.7 Å². The number of alkyl carbamates (subject to hydrolysis) is 1. The molecule has 39 heavy (non-hydrogen) atoms. The largest absolute Gasteiger partial charge is 0.477 e. The van der Waals surface area contributed by atoms with Gasteiger partial charge in [-0.2, -0.15) is 5.21 Å². The van der Waals surface area contributed by atoms with Crippen LogP contribution in [0.3, 0.4) is 0 Å². The smallest absolute Gasteiger partial charge is 0.408 e. The highest BCUT2D eigenvalue weighted by atomic mass is 32.2. The summed E-state index contributed by atoms with van der Waals surface area (Å²) in [5.74, 6) is -1.57. The number of hydrogen-bond donors (Lipinski definition) is 4. The molecule has 0 bridgehead atoms. The van der Waals surface area contributed by atoms with Gasteiger partial charge < -0.3 is 20.5 Å². The third-order valence-electron chi connectivity index (χ3n) is 6.73. The first kappa shape index (κ1) is 28.9. The van der Waals surface area contributed by atoms with E-state index in [4.69, 9.17) is 4.74 Å². The first-order valence-corrected chi connectivity index (χ1v) is 14.6. The number of aromatic nitrogens is 4. The van der Waals surface area contributed by atoms with E-state index in [1.165, 1.54) is 28.4 Å². The summed E-state index contributed by atoms with van der Waals surface area (Å²) in [5, 5.41) is 28.9. The maximum absolute atomic E-state index is 13.1. The molecule has 212 valence electrons. The molecular formula is C24H33N7O6S2. The number of nitrogens with zero attached hydrogens (tertiary/aromatic N) is 4. The van der Waals surface area contributed by atoms with E-state index in [-0.39, 0.29) is 29.3 Å². The van der Waals surface area contributed by atoms with Gasteiger partial charge in [0.15, 0.2) is 0 Å². The van der Waals surface area contributed by atoms with E-state index in [0.717, 1.165) is 30.4 Å². The lowest BCUT2D eigenvalue weighted by molar-refractivity contribution is -0.150. The Balaban J connectivity index is 1.39. The zero-order chi connectivity index (χ0) is 28.5. The fourth-order valence-corrected chi connectivity index (χ4v) is 7.25. The number of rotatable bonds is 8. The Morgan fingerprint density at radius 3 is 2.69 bits per heavy atom. The summed E-state index contributed by atoms with van der Waals surface area (Å²) in [6.45, 7) is 9.12. The molecule has 3 amide bonds. The van der Waals surface area contributed by atoms with Gasteiger partial charge in [-0.15, -0.1) is 22.0 Å². The van der Waals surface area contributed by atoms with Crippen LogP contribution in [0.5, 0.6) is 0 Å². The Kier molecular flexibility index (Phi) is 8.59. The topological polar surface area (TPSA) is 180 Å². The third-order valence-corrected chi connectivity index (χ3v) is 9.06. The molecule has 1 aromatic heterocycles. The van der Waals surface area contributed by atoms with E-state index in [2.05, 4.69) is 31.3 Å². The lowest BCUT2D eigenvalue weighted by atomic mass is 9.86. The van der Waals surface area contributed by atoms with E-state index in [1.54, 1.807) is 20.8 Å². The van der Waals surface area contributed by atoms with Gasteiger partial charge in [-0.3, -0.25) is 14.5 Å². The number of carbonyl (C=O) groups is 4. The van der Waals surface area contributed by atoms with Gasteiger partial charge in [0.25, 0.3) is 5.91 Å². The molecule has 0 aromatic carbocycles. The maximum Gasteiger partial charge on any atom is 0.408 e. The van der Waals surface area contributed by atoms with E-state index >= 15 is 0 Å². The maximum atomic E-state index is 13.1. The summed E-state index contributed by atoms with van der Waals surface area (Å²) >= 11 is 2.66. The van der Waals surface area contributed by atoms with Crippen LogP contribution in [0.1, 0.15) is 60.3 Å². The van der Waals surface area contributed by atoms with Crippen LogP contribution in [0.15, 0.2) is 27.6 Å². The summed E-state index contributed by atoms with van der Waals surface area (Å²) < 4.78 is 5.36. The number of fused-ring (bicyclic) bond motifs is 1. The molecule has 4 rings (SSSR count). The predicted octanol–water partition coefficient (Wildman–Crippen LogP) is 2.20. The van der Waals surface area contributed by atoms with Gasteiger partial charge in [0.05, 0.1) is 6.04 Å².